The Labute approximate surface area is 178 Å². The van der Waals surface area contributed by atoms with E-state index in [1.807, 2.05) is 6.07 Å². The number of nitrogens with zero attached hydrogens (tertiary/aromatic N) is 3. The Morgan fingerprint density at radius 3 is 2.48 bits per heavy atom. The van der Waals surface area contributed by atoms with Crippen LogP contribution in [0.4, 0.5) is 0 Å². The van der Waals surface area contributed by atoms with E-state index < -0.39 is 12.0 Å². The fourth-order valence-corrected chi connectivity index (χ4v) is 3.57. The van der Waals surface area contributed by atoms with Crippen LogP contribution in [0.5, 0.6) is 11.5 Å². The highest BCUT2D eigenvalue weighted by molar-refractivity contribution is 5.99. The van der Waals surface area contributed by atoms with E-state index in [2.05, 4.69) is 4.98 Å². The summed E-state index contributed by atoms with van der Waals surface area (Å²) < 4.78 is 12.6. The number of nitrogens with two attached hydrogens (primary N) is 1. The van der Waals surface area contributed by atoms with Crippen molar-refractivity contribution in [2.45, 2.75) is 13.0 Å². The molecule has 0 aliphatic rings. The first-order chi connectivity index (χ1) is 14.9. The zero-order chi connectivity index (χ0) is 22.1. The summed E-state index contributed by atoms with van der Waals surface area (Å²) in [5.41, 5.74) is 8.99. The molecule has 0 unspecified atom stereocenters. The van der Waals surface area contributed by atoms with Crippen molar-refractivity contribution in [3.63, 3.8) is 0 Å². The van der Waals surface area contributed by atoms with E-state index in [4.69, 9.17) is 20.2 Å². The third-order valence-corrected chi connectivity index (χ3v) is 5.11. The SMILES string of the molecule is COc1cc2ncn(-c3ccc([C@@H](C)O)c(-c4ccccc4C(N)=O)n3)c2cc1OC. The van der Waals surface area contributed by atoms with Crippen LogP contribution >= 0.6 is 0 Å². The molecule has 0 saturated carbocycles. The van der Waals surface area contributed by atoms with Gasteiger partial charge in [-0.05, 0) is 19.1 Å². The van der Waals surface area contributed by atoms with E-state index in [-0.39, 0.29) is 0 Å². The van der Waals surface area contributed by atoms with Crippen LogP contribution in [0.15, 0.2) is 54.9 Å². The van der Waals surface area contributed by atoms with Gasteiger partial charge in [0.2, 0.25) is 5.91 Å². The maximum Gasteiger partial charge on any atom is 0.249 e. The number of primary amides is 1. The number of aliphatic hydroxyl groups is 1. The van der Waals surface area contributed by atoms with E-state index in [1.165, 1.54) is 0 Å². The Morgan fingerprint density at radius 2 is 1.81 bits per heavy atom. The zero-order valence-corrected chi connectivity index (χ0v) is 17.4. The number of benzene rings is 2. The van der Waals surface area contributed by atoms with Crippen molar-refractivity contribution in [2.75, 3.05) is 14.2 Å². The molecule has 158 valence electrons. The molecule has 1 atom stereocenters. The van der Waals surface area contributed by atoms with Crippen molar-refractivity contribution >= 4 is 16.9 Å². The van der Waals surface area contributed by atoms with Crippen LogP contribution in [0.3, 0.4) is 0 Å². The Kier molecular flexibility index (Phi) is 5.31. The van der Waals surface area contributed by atoms with Crippen molar-refractivity contribution in [3.05, 3.63) is 66.0 Å². The first-order valence-corrected chi connectivity index (χ1v) is 9.62. The van der Waals surface area contributed by atoms with Gasteiger partial charge in [0, 0.05) is 28.8 Å². The lowest BCUT2D eigenvalue weighted by Crippen LogP contribution is -2.13. The second-order valence-electron chi connectivity index (χ2n) is 7.00. The summed E-state index contributed by atoms with van der Waals surface area (Å²) in [6.45, 7) is 1.65. The van der Waals surface area contributed by atoms with E-state index in [9.17, 15) is 9.90 Å². The highest BCUT2D eigenvalue weighted by Crippen LogP contribution is 2.34. The van der Waals surface area contributed by atoms with E-state index >= 15 is 0 Å². The van der Waals surface area contributed by atoms with Crippen LogP contribution in [-0.4, -0.2) is 39.8 Å². The average molecular weight is 418 g/mol. The monoisotopic (exact) mass is 418 g/mol. The molecular formula is C23H22N4O4. The average Bonchev–Trinajstić information content (AvgIpc) is 3.20. The van der Waals surface area contributed by atoms with Gasteiger partial charge in [-0.2, -0.15) is 0 Å². The minimum atomic E-state index is -0.790. The van der Waals surface area contributed by atoms with E-state index in [1.54, 1.807) is 74.5 Å². The summed E-state index contributed by atoms with van der Waals surface area (Å²) in [6, 6.07) is 14.1. The first kappa shape index (κ1) is 20.4. The molecule has 0 spiro atoms. The highest BCUT2D eigenvalue weighted by atomic mass is 16.5. The number of amides is 1. The molecule has 0 radical (unpaired) electrons. The molecule has 8 nitrogen and oxygen atoms in total. The Hall–Kier alpha value is -3.91. The quantitative estimate of drug-likeness (QED) is 0.497. The molecule has 2 aromatic carbocycles. The minimum absolute atomic E-state index is 0.330. The maximum atomic E-state index is 12.0. The molecule has 0 bridgehead atoms. The van der Waals surface area contributed by atoms with Crippen molar-refractivity contribution in [2.24, 2.45) is 5.73 Å². The van der Waals surface area contributed by atoms with Crippen LogP contribution in [0.1, 0.15) is 28.9 Å². The van der Waals surface area contributed by atoms with Gasteiger partial charge in [0.1, 0.15) is 12.1 Å². The predicted molar refractivity (Wildman–Crippen MR) is 117 cm³/mol. The van der Waals surface area contributed by atoms with Gasteiger partial charge in [-0.3, -0.25) is 9.36 Å². The van der Waals surface area contributed by atoms with Gasteiger partial charge in [-0.25, -0.2) is 9.97 Å². The van der Waals surface area contributed by atoms with E-state index in [0.717, 1.165) is 5.52 Å². The van der Waals surface area contributed by atoms with Crippen molar-refractivity contribution in [1.29, 1.82) is 0 Å². The normalized spacial score (nSPS) is 12.0. The number of hydrogen-bond acceptors (Lipinski definition) is 6. The molecule has 0 saturated heterocycles. The summed E-state index contributed by atoms with van der Waals surface area (Å²) in [7, 11) is 3.14. The molecule has 4 aromatic rings. The predicted octanol–water partition coefficient (Wildman–Crippen LogP) is 3.26. The summed E-state index contributed by atoms with van der Waals surface area (Å²) in [5, 5.41) is 10.3. The van der Waals surface area contributed by atoms with Crippen LogP contribution < -0.4 is 15.2 Å². The number of carbonyl (C=O) groups excluding carboxylic acids is 1. The van der Waals surface area contributed by atoms with Crippen molar-refractivity contribution < 1.29 is 19.4 Å². The lowest BCUT2D eigenvalue weighted by Gasteiger charge is -2.16. The number of imidazole rings is 1. The summed E-state index contributed by atoms with van der Waals surface area (Å²) in [5.74, 6) is 1.14. The van der Waals surface area contributed by atoms with Crippen LogP contribution in [0.25, 0.3) is 28.1 Å². The summed E-state index contributed by atoms with van der Waals surface area (Å²) >= 11 is 0. The lowest BCUT2D eigenvalue weighted by molar-refractivity contribution is 0.100. The summed E-state index contributed by atoms with van der Waals surface area (Å²) in [4.78, 5) is 21.2. The highest BCUT2D eigenvalue weighted by Gasteiger charge is 2.19. The maximum absolute atomic E-state index is 12.0. The number of rotatable bonds is 6. The van der Waals surface area contributed by atoms with Gasteiger partial charge in [0.25, 0.3) is 0 Å². The number of fused-ring (bicyclic) bond motifs is 1. The number of aromatic nitrogens is 3. The largest absolute Gasteiger partial charge is 0.493 e. The number of aliphatic hydroxyl groups excluding tert-OH is 1. The van der Waals surface area contributed by atoms with Crippen molar-refractivity contribution in [3.8, 4) is 28.6 Å². The molecule has 2 aromatic heterocycles. The molecule has 0 fully saturated rings. The molecule has 2 heterocycles. The number of carbonyl (C=O) groups is 1. The minimum Gasteiger partial charge on any atom is -0.493 e. The molecule has 0 aliphatic carbocycles. The summed E-state index contributed by atoms with van der Waals surface area (Å²) in [6.07, 6.45) is 0.860. The fraction of sp³-hybridized carbons (Fsp3) is 0.174. The first-order valence-electron chi connectivity index (χ1n) is 9.62. The third kappa shape index (κ3) is 3.57. The number of hydrogen-bond donors (Lipinski definition) is 2. The zero-order valence-electron chi connectivity index (χ0n) is 17.4. The van der Waals surface area contributed by atoms with Gasteiger partial charge < -0.3 is 20.3 Å². The van der Waals surface area contributed by atoms with Crippen molar-refractivity contribution in [1.82, 2.24) is 14.5 Å². The third-order valence-electron chi connectivity index (χ3n) is 5.11. The second kappa shape index (κ2) is 8.08. The molecule has 1 amide bonds. The Balaban J connectivity index is 1.95. The lowest BCUT2D eigenvalue weighted by atomic mass is 9.97. The molecule has 0 aliphatic heterocycles. The van der Waals surface area contributed by atoms with Crippen LogP contribution in [0, 0.1) is 0 Å². The van der Waals surface area contributed by atoms with Gasteiger partial charge in [0.15, 0.2) is 11.5 Å². The van der Waals surface area contributed by atoms with Gasteiger partial charge in [0.05, 0.1) is 37.1 Å². The second-order valence-corrected chi connectivity index (χ2v) is 7.00. The molecule has 3 N–H and O–H groups in total. The standard InChI is InChI=1S/C23H22N4O4/c1-13(28)14-8-9-21(26-22(14)15-6-4-5-7-16(15)23(24)29)27-12-25-17-10-19(30-2)20(31-3)11-18(17)27/h4-13,28H,1-3H3,(H2,24,29)/t13-/m1/s1. The van der Waals surface area contributed by atoms with Crippen LogP contribution in [0.2, 0.25) is 0 Å². The number of pyridine rings is 1. The molecule has 31 heavy (non-hydrogen) atoms. The Bertz CT molecular complexity index is 1280. The van der Waals surface area contributed by atoms with Crippen LogP contribution in [-0.2, 0) is 0 Å². The Morgan fingerprint density at radius 1 is 1.10 bits per heavy atom. The fourth-order valence-electron chi connectivity index (χ4n) is 3.57. The molecule has 8 heteroatoms. The smallest absolute Gasteiger partial charge is 0.249 e. The number of methoxy groups -OCH3 is 2. The van der Waals surface area contributed by atoms with Gasteiger partial charge in [-0.1, -0.05) is 24.3 Å². The van der Waals surface area contributed by atoms with Gasteiger partial charge in [-0.15, -0.1) is 0 Å². The molecular weight excluding hydrogens is 396 g/mol. The van der Waals surface area contributed by atoms with Gasteiger partial charge >= 0.3 is 0 Å². The topological polar surface area (TPSA) is 112 Å². The molecule has 4 rings (SSSR count). The van der Waals surface area contributed by atoms with E-state index in [0.29, 0.717) is 45.2 Å². The number of ether oxygens (including phenoxy) is 2.